The molecule has 0 radical (unpaired) electrons. The van der Waals surface area contributed by atoms with Crippen LogP contribution in [-0.2, 0) is 4.79 Å². The van der Waals surface area contributed by atoms with Crippen LogP contribution in [0.25, 0.3) is 0 Å². The molecule has 3 nitrogen and oxygen atoms in total. The molecule has 1 amide bonds. The summed E-state index contributed by atoms with van der Waals surface area (Å²) in [5.41, 5.74) is 2.41. The van der Waals surface area contributed by atoms with E-state index in [2.05, 4.69) is 41.8 Å². The van der Waals surface area contributed by atoms with Gasteiger partial charge in [0, 0.05) is 5.25 Å². The van der Waals surface area contributed by atoms with E-state index < -0.39 is 0 Å². The highest BCUT2D eigenvalue weighted by Crippen LogP contribution is 2.20. The number of nitrogens with one attached hydrogen (secondary N) is 2. The Hall–Kier alpha value is -1.00. The van der Waals surface area contributed by atoms with E-state index in [1.54, 1.807) is 11.8 Å². The van der Waals surface area contributed by atoms with Crippen LogP contribution in [0.4, 0.5) is 0 Å². The van der Waals surface area contributed by atoms with Crippen molar-refractivity contribution < 1.29 is 4.79 Å². The molecule has 0 aliphatic carbocycles. The third-order valence-electron chi connectivity index (χ3n) is 3.69. The van der Waals surface area contributed by atoms with Gasteiger partial charge in [-0.3, -0.25) is 4.79 Å². The number of benzene rings is 1. The molecule has 0 bridgehead atoms. The van der Waals surface area contributed by atoms with Crippen molar-refractivity contribution in [3.05, 3.63) is 35.4 Å². The molecule has 1 aromatic carbocycles. The van der Waals surface area contributed by atoms with Crippen LogP contribution in [0.3, 0.4) is 0 Å². The highest BCUT2D eigenvalue weighted by Gasteiger charge is 2.16. The number of rotatable bonds is 5. The van der Waals surface area contributed by atoms with Crippen molar-refractivity contribution in [2.24, 2.45) is 0 Å². The predicted octanol–water partition coefficient (Wildman–Crippen LogP) is 2.66. The molecule has 1 aromatic rings. The van der Waals surface area contributed by atoms with E-state index in [9.17, 15) is 4.79 Å². The van der Waals surface area contributed by atoms with E-state index in [-0.39, 0.29) is 11.9 Å². The normalized spacial score (nSPS) is 17.7. The zero-order chi connectivity index (χ0) is 14.4. The van der Waals surface area contributed by atoms with Crippen LogP contribution in [0.5, 0.6) is 0 Å². The Kier molecular flexibility index (Phi) is 5.92. The zero-order valence-electron chi connectivity index (χ0n) is 12.3. The van der Waals surface area contributed by atoms with Gasteiger partial charge in [-0.05, 0) is 45.3 Å². The average Bonchev–Trinajstić information content (AvgIpc) is 2.47. The topological polar surface area (TPSA) is 41.1 Å². The van der Waals surface area contributed by atoms with Crippen molar-refractivity contribution in [2.45, 2.75) is 38.0 Å². The predicted molar refractivity (Wildman–Crippen MR) is 86.1 cm³/mol. The van der Waals surface area contributed by atoms with E-state index in [4.69, 9.17) is 0 Å². The standard InChI is InChI=1S/C16H24N2OS/c1-12-3-5-14(6-4-12)13(2)18-16(19)11-20-15-7-9-17-10-8-15/h3-6,13,15,17H,7-11H2,1-2H3,(H,18,19). The number of hydrogen-bond acceptors (Lipinski definition) is 3. The molecule has 1 atom stereocenters. The van der Waals surface area contributed by atoms with Gasteiger partial charge >= 0.3 is 0 Å². The lowest BCUT2D eigenvalue weighted by molar-refractivity contribution is -0.119. The number of piperidine rings is 1. The highest BCUT2D eigenvalue weighted by molar-refractivity contribution is 8.00. The second-order valence-electron chi connectivity index (χ2n) is 5.46. The maximum atomic E-state index is 12.0. The van der Waals surface area contributed by atoms with E-state index in [1.807, 2.05) is 6.92 Å². The van der Waals surface area contributed by atoms with Gasteiger partial charge in [0.05, 0.1) is 11.8 Å². The first-order valence-corrected chi connectivity index (χ1v) is 8.38. The second kappa shape index (κ2) is 7.70. The molecule has 1 saturated heterocycles. The smallest absolute Gasteiger partial charge is 0.230 e. The minimum Gasteiger partial charge on any atom is -0.349 e. The first kappa shape index (κ1) is 15.4. The zero-order valence-corrected chi connectivity index (χ0v) is 13.1. The summed E-state index contributed by atoms with van der Waals surface area (Å²) in [6, 6.07) is 8.42. The van der Waals surface area contributed by atoms with Crippen LogP contribution in [0.15, 0.2) is 24.3 Å². The first-order chi connectivity index (χ1) is 9.65. The van der Waals surface area contributed by atoms with E-state index in [0.717, 1.165) is 18.7 Å². The van der Waals surface area contributed by atoms with E-state index in [1.165, 1.54) is 18.4 Å². The lowest BCUT2D eigenvalue weighted by Gasteiger charge is -2.22. The second-order valence-corrected chi connectivity index (χ2v) is 6.75. The lowest BCUT2D eigenvalue weighted by atomic mass is 10.1. The Morgan fingerprint density at radius 3 is 2.65 bits per heavy atom. The van der Waals surface area contributed by atoms with Gasteiger partial charge < -0.3 is 10.6 Å². The molecule has 1 unspecified atom stereocenters. The summed E-state index contributed by atoms with van der Waals surface area (Å²) >= 11 is 1.79. The van der Waals surface area contributed by atoms with Crippen LogP contribution in [0.2, 0.25) is 0 Å². The maximum Gasteiger partial charge on any atom is 0.230 e. The lowest BCUT2D eigenvalue weighted by Crippen LogP contribution is -2.32. The fourth-order valence-electron chi connectivity index (χ4n) is 2.38. The van der Waals surface area contributed by atoms with Gasteiger partial charge in [-0.15, -0.1) is 11.8 Å². The van der Waals surface area contributed by atoms with Crippen molar-refractivity contribution in [1.82, 2.24) is 10.6 Å². The molecule has 0 spiro atoms. The summed E-state index contributed by atoms with van der Waals surface area (Å²) in [4.78, 5) is 12.0. The molecular formula is C16H24N2OS. The number of hydrogen-bond donors (Lipinski definition) is 2. The minimum absolute atomic E-state index is 0.0803. The van der Waals surface area contributed by atoms with E-state index in [0.29, 0.717) is 11.0 Å². The van der Waals surface area contributed by atoms with Crippen LogP contribution < -0.4 is 10.6 Å². The van der Waals surface area contributed by atoms with Gasteiger partial charge in [-0.25, -0.2) is 0 Å². The number of carbonyl (C=O) groups is 1. The van der Waals surface area contributed by atoms with Crippen LogP contribution >= 0.6 is 11.8 Å². The molecule has 1 aliphatic rings. The molecule has 2 N–H and O–H groups in total. The summed E-state index contributed by atoms with van der Waals surface area (Å²) in [5.74, 6) is 0.711. The van der Waals surface area contributed by atoms with Crippen molar-refractivity contribution >= 4 is 17.7 Å². The molecule has 20 heavy (non-hydrogen) atoms. The van der Waals surface area contributed by atoms with E-state index >= 15 is 0 Å². The Balaban J connectivity index is 1.74. The summed E-state index contributed by atoms with van der Waals surface area (Å²) in [7, 11) is 0. The number of aryl methyl sites for hydroxylation is 1. The molecule has 1 heterocycles. The molecule has 1 aliphatic heterocycles. The third kappa shape index (κ3) is 4.84. The van der Waals surface area contributed by atoms with Crippen LogP contribution in [-0.4, -0.2) is 30.0 Å². The Bertz CT molecular complexity index is 427. The minimum atomic E-state index is 0.0803. The Morgan fingerprint density at radius 2 is 2.00 bits per heavy atom. The molecular weight excluding hydrogens is 268 g/mol. The molecule has 0 saturated carbocycles. The Labute approximate surface area is 125 Å². The average molecular weight is 292 g/mol. The molecule has 1 fully saturated rings. The molecule has 2 rings (SSSR count). The van der Waals surface area contributed by atoms with Gasteiger partial charge in [-0.1, -0.05) is 29.8 Å². The van der Waals surface area contributed by atoms with Gasteiger partial charge in [0.2, 0.25) is 5.91 Å². The van der Waals surface area contributed by atoms with Gasteiger partial charge in [-0.2, -0.15) is 0 Å². The van der Waals surface area contributed by atoms with Crippen LogP contribution in [0.1, 0.15) is 36.9 Å². The van der Waals surface area contributed by atoms with Crippen molar-refractivity contribution in [3.63, 3.8) is 0 Å². The van der Waals surface area contributed by atoms with Gasteiger partial charge in [0.25, 0.3) is 0 Å². The molecule has 110 valence electrons. The molecule has 4 heteroatoms. The highest BCUT2D eigenvalue weighted by atomic mass is 32.2. The Morgan fingerprint density at radius 1 is 1.35 bits per heavy atom. The van der Waals surface area contributed by atoms with Crippen molar-refractivity contribution in [1.29, 1.82) is 0 Å². The van der Waals surface area contributed by atoms with Crippen molar-refractivity contribution in [2.75, 3.05) is 18.8 Å². The number of carbonyl (C=O) groups excluding carboxylic acids is 1. The largest absolute Gasteiger partial charge is 0.349 e. The van der Waals surface area contributed by atoms with Crippen LogP contribution in [0, 0.1) is 6.92 Å². The van der Waals surface area contributed by atoms with Gasteiger partial charge in [0.1, 0.15) is 0 Å². The first-order valence-electron chi connectivity index (χ1n) is 7.33. The number of thioether (sulfide) groups is 1. The summed E-state index contributed by atoms with van der Waals surface area (Å²) in [6.45, 7) is 6.28. The summed E-state index contributed by atoms with van der Waals surface area (Å²) in [5, 5.41) is 7.06. The fourth-order valence-corrected chi connectivity index (χ4v) is 3.42. The maximum absolute atomic E-state index is 12.0. The quantitative estimate of drug-likeness (QED) is 0.876. The third-order valence-corrected chi connectivity index (χ3v) is 5.06. The SMILES string of the molecule is Cc1ccc(C(C)NC(=O)CSC2CCNCC2)cc1. The van der Waals surface area contributed by atoms with Crippen molar-refractivity contribution in [3.8, 4) is 0 Å². The fraction of sp³-hybridized carbons (Fsp3) is 0.562. The summed E-state index contributed by atoms with van der Waals surface area (Å²) < 4.78 is 0. The number of amides is 1. The monoisotopic (exact) mass is 292 g/mol. The summed E-state index contributed by atoms with van der Waals surface area (Å²) in [6.07, 6.45) is 2.34. The molecule has 0 aromatic heterocycles. The van der Waals surface area contributed by atoms with Gasteiger partial charge in [0.15, 0.2) is 0 Å².